The van der Waals surface area contributed by atoms with E-state index in [0.717, 1.165) is 0 Å². The highest BCUT2D eigenvalue weighted by atomic mass is 32.2. The topological polar surface area (TPSA) is 81.9 Å². The van der Waals surface area contributed by atoms with Crippen molar-refractivity contribution in [3.05, 3.63) is 36.1 Å². The first-order chi connectivity index (χ1) is 14.2. The fourth-order valence-electron chi connectivity index (χ4n) is 3.73. The molecule has 2 atom stereocenters. The minimum atomic E-state index is -3.35. The molecule has 1 fully saturated rings. The zero-order valence-electron chi connectivity index (χ0n) is 17.2. The average molecular weight is 438 g/mol. The van der Waals surface area contributed by atoms with Gasteiger partial charge in [-0.15, -0.1) is 6.58 Å². The summed E-state index contributed by atoms with van der Waals surface area (Å²) in [4.78, 5) is 25.2. The molecule has 1 saturated carbocycles. The van der Waals surface area contributed by atoms with Gasteiger partial charge >= 0.3 is 0 Å². The first kappa shape index (κ1) is 22.4. The van der Waals surface area contributed by atoms with Crippen molar-refractivity contribution in [3.63, 3.8) is 0 Å². The van der Waals surface area contributed by atoms with Gasteiger partial charge in [-0.05, 0) is 31.6 Å². The van der Waals surface area contributed by atoms with Crippen LogP contribution in [-0.4, -0.2) is 62.7 Å². The number of aliphatic imine (C=N–C) groups is 1. The summed E-state index contributed by atoms with van der Waals surface area (Å²) >= 11 is 1.34. The van der Waals surface area contributed by atoms with Crippen molar-refractivity contribution in [1.29, 1.82) is 0 Å². The summed E-state index contributed by atoms with van der Waals surface area (Å²) in [5, 5.41) is 14.2. The molecule has 2 unspecified atom stereocenters. The van der Waals surface area contributed by atoms with E-state index in [1.54, 1.807) is 24.2 Å². The number of nitrogens with zero attached hydrogens (tertiary/aromatic N) is 5. The molecule has 1 aliphatic carbocycles. The second-order valence-corrected chi connectivity index (χ2v) is 8.17. The van der Waals surface area contributed by atoms with Gasteiger partial charge in [0, 0.05) is 25.1 Å². The molecule has 10 heteroatoms. The van der Waals surface area contributed by atoms with Crippen LogP contribution in [0.4, 0.5) is 14.6 Å². The minimum absolute atomic E-state index is 0.0162. The van der Waals surface area contributed by atoms with E-state index in [1.165, 1.54) is 16.8 Å². The maximum Gasteiger partial charge on any atom is 0.279 e. The van der Waals surface area contributed by atoms with Crippen molar-refractivity contribution >= 4 is 29.7 Å². The largest absolute Gasteiger partial charge is 0.377 e. The SMILES string of the molecule is C=CCN(C=O)N(c1nc(SC)ncc1C)C1CC=C2CCC(O)(C(C)(F)F)C2=N1. The number of dihydropyridines is 1. The Hall–Kier alpha value is -2.33. The Labute approximate surface area is 178 Å². The number of amides is 1. The lowest BCUT2D eigenvalue weighted by Gasteiger charge is -2.39. The van der Waals surface area contributed by atoms with Crippen LogP contribution in [0.1, 0.15) is 31.7 Å². The summed E-state index contributed by atoms with van der Waals surface area (Å²) < 4.78 is 28.5. The van der Waals surface area contributed by atoms with Gasteiger partial charge in [0.15, 0.2) is 16.6 Å². The van der Waals surface area contributed by atoms with Gasteiger partial charge in [-0.3, -0.25) is 9.79 Å². The Morgan fingerprint density at radius 2 is 2.23 bits per heavy atom. The number of carbonyl (C=O) groups excluding carboxylic acids is 1. The van der Waals surface area contributed by atoms with E-state index in [0.29, 0.717) is 48.3 Å². The summed E-state index contributed by atoms with van der Waals surface area (Å²) in [6.45, 7) is 6.36. The number of hydrazine groups is 1. The highest BCUT2D eigenvalue weighted by Gasteiger charge is 2.57. The van der Waals surface area contributed by atoms with Crippen LogP contribution in [0.3, 0.4) is 0 Å². The summed E-state index contributed by atoms with van der Waals surface area (Å²) in [7, 11) is 0. The van der Waals surface area contributed by atoms with Crippen LogP contribution in [0.5, 0.6) is 0 Å². The Balaban J connectivity index is 2.11. The number of hydrogen-bond donors (Lipinski definition) is 1. The maximum absolute atomic E-state index is 14.3. The number of thioether (sulfide) groups is 1. The van der Waals surface area contributed by atoms with Gasteiger partial charge in [0.2, 0.25) is 6.41 Å². The van der Waals surface area contributed by atoms with Crippen molar-refractivity contribution in [1.82, 2.24) is 15.0 Å². The number of halogens is 2. The second-order valence-electron chi connectivity index (χ2n) is 7.40. The lowest BCUT2D eigenvalue weighted by Crippen LogP contribution is -2.53. The van der Waals surface area contributed by atoms with Gasteiger partial charge < -0.3 is 5.11 Å². The lowest BCUT2D eigenvalue weighted by atomic mass is 9.91. The van der Waals surface area contributed by atoms with Crippen molar-refractivity contribution in [3.8, 4) is 0 Å². The Morgan fingerprint density at radius 1 is 1.50 bits per heavy atom. The van der Waals surface area contributed by atoms with Crippen molar-refractivity contribution in [2.75, 3.05) is 17.8 Å². The average Bonchev–Trinajstić information content (AvgIpc) is 3.06. The van der Waals surface area contributed by atoms with E-state index >= 15 is 0 Å². The molecule has 3 rings (SSSR count). The van der Waals surface area contributed by atoms with Gasteiger partial charge in [-0.2, -0.15) is 0 Å². The number of alkyl halides is 2. The molecule has 7 nitrogen and oxygen atoms in total. The number of rotatable bonds is 8. The molecular weight excluding hydrogens is 412 g/mol. The summed E-state index contributed by atoms with van der Waals surface area (Å²) in [5.41, 5.74) is -1.03. The van der Waals surface area contributed by atoms with E-state index in [-0.39, 0.29) is 18.7 Å². The summed E-state index contributed by atoms with van der Waals surface area (Å²) in [6.07, 6.45) is 7.34. The quantitative estimate of drug-likeness (QED) is 0.221. The molecule has 2 heterocycles. The van der Waals surface area contributed by atoms with Gasteiger partial charge in [0.05, 0.1) is 12.3 Å². The van der Waals surface area contributed by atoms with Crippen molar-refractivity contribution in [2.24, 2.45) is 4.99 Å². The number of anilines is 1. The Morgan fingerprint density at radius 3 is 2.83 bits per heavy atom. The zero-order chi connectivity index (χ0) is 22.1. The molecule has 0 saturated heterocycles. The third-order valence-corrected chi connectivity index (χ3v) is 5.91. The molecule has 162 valence electrons. The van der Waals surface area contributed by atoms with Crippen LogP contribution in [0, 0.1) is 6.92 Å². The van der Waals surface area contributed by atoms with Crippen LogP contribution in [0.2, 0.25) is 0 Å². The van der Waals surface area contributed by atoms with Crippen molar-refractivity contribution in [2.45, 2.75) is 56.0 Å². The van der Waals surface area contributed by atoms with Crippen LogP contribution >= 0.6 is 11.8 Å². The summed E-state index contributed by atoms with van der Waals surface area (Å²) in [6, 6.07) is 0. The first-order valence-electron chi connectivity index (χ1n) is 9.53. The van der Waals surface area contributed by atoms with Gasteiger partial charge in [0.1, 0.15) is 6.17 Å². The molecule has 1 amide bonds. The standard InChI is InChI=1S/C20H25F2N5O2S/c1-5-10-26(12-28)27(17-13(2)11-23-18(25-17)30-4)15-7-6-14-8-9-20(29,16(14)24-15)19(3,21)22/h5-6,11-12,15,29H,1,7-10H2,2-4H3. The number of carbonyl (C=O) groups is 1. The number of hydrogen-bond acceptors (Lipinski definition) is 7. The predicted molar refractivity (Wildman–Crippen MR) is 113 cm³/mol. The van der Waals surface area contributed by atoms with Gasteiger partial charge in [0.25, 0.3) is 5.92 Å². The van der Waals surface area contributed by atoms with Gasteiger partial charge in [-0.1, -0.05) is 23.9 Å². The summed E-state index contributed by atoms with van der Waals surface area (Å²) in [5.74, 6) is -2.91. The first-order valence-corrected chi connectivity index (χ1v) is 10.8. The fourth-order valence-corrected chi connectivity index (χ4v) is 4.07. The monoisotopic (exact) mass is 437 g/mol. The third kappa shape index (κ3) is 3.85. The highest BCUT2D eigenvalue weighted by molar-refractivity contribution is 7.98. The minimum Gasteiger partial charge on any atom is -0.377 e. The van der Waals surface area contributed by atoms with Crippen molar-refractivity contribution < 1.29 is 18.7 Å². The highest BCUT2D eigenvalue weighted by Crippen LogP contribution is 2.44. The van der Waals surface area contributed by atoms with E-state index in [1.807, 2.05) is 12.3 Å². The molecule has 1 aromatic heterocycles. The zero-order valence-corrected chi connectivity index (χ0v) is 18.0. The molecule has 1 aromatic rings. The molecule has 1 N–H and O–H groups in total. The third-order valence-electron chi connectivity index (χ3n) is 5.35. The molecule has 0 bridgehead atoms. The van der Waals surface area contributed by atoms with Crippen LogP contribution in [0.15, 0.2) is 40.6 Å². The smallest absolute Gasteiger partial charge is 0.279 e. The molecule has 0 spiro atoms. The predicted octanol–water partition coefficient (Wildman–Crippen LogP) is 3.15. The van der Waals surface area contributed by atoms with Crippen LogP contribution < -0.4 is 5.01 Å². The number of aryl methyl sites for hydroxylation is 1. The molecule has 0 radical (unpaired) electrons. The Kier molecular flexibility index (Phi) is 6.28. The molecule has 30 heavy (non-hydrogen) atoms. The van der Waals surface area contributed by atoms with Gasteiger partial charge in [-0.25, -0.2) is 28.8 Å². The van der Waals surface area contributed by atoms with Crippen LogP contribution in [-0.2, 0) is 4.79 Å². The normalized spacial score (nSPS) is 23.3. The van der Waals surface area contributed by atoms with E-state index < -0.39 is 17.7 Å². The number of fused-ring (bicyclic) bond motifs is 1. The molecular formula is C20H25F2N5O2S. The van der Waals surface area contributed by atoms with E-state index in [9.17, 15) is 18.7 Å². The molecule has 2 aliphatic rings. The Bertz CT molecular complexity index is 902. The number of aromatic nitrogens is 2. The second kappa shape index (κ2) is 8.43. The van der Waals surface area contributed by atoms with E-state index in [4.69, 9.17) is 0 Å². The molecule has 0 aromatic carbocycles. The van der Waals surface area contributed by atoms with E-state index in [2.05, 4.69) is 21.5 Å². The molecule has 1 aliphatic heterocycles. The maximum atomic E-state index is 14.3. The van der Waals surface area contributed by atoms with Crippen LogP contribution in [0.25, 0.3) is 0 Å². The lowest BCUT2D eigenvalue weighted by molar-refractivity contribution is -0.128. The number of aliphatic hydroxyl groups is 1. The fraction of sp³-hybridized carbons (Fsp3) is 0.500.